The molecule has 0 saturated heterocycles. The van der Waals surface area contributed by atoms with Crippen LogP contribution in [0.4, 0.5) is 5.69 Å². The molecule has 1 nitrogen and oxygen atoms in total. The molecule has 16 heavy (non-hydrogen) atoms. The molecule has 0 saturated carbocycles. The van der Waals surface area contributed by atoms with Crippen LogP contribution in [-0.2, 0) is 12.8 Å². The molecule has 2 unspecified atom stereocenters. The number of halogens is 2. The number of hydrogen-bond donors (Lipinski definition) is 0. The van der Waals surface area contributed by atoms with Gasteiger partial charge in [-0.25, -0.2) is 0 Å². The number of hydrogen-bond acceptors (Lipinski definition) is 1. The Balaban J connectivity index is 2.17. The van der Waals surface area contributed by atoms with Crippen LogP contribution in [0.25, 0.3) is 0 Å². The largest absolute Gasteiger partial charge is 0.353 e. The molecule has 1 aromatic rings. The summed E-state index contributed by atoms with van der Waals surface area (Å²) in [6.45, 7) is 3.05. The minimum Gasteiger partial charge on any atom is -0.353 e. The second-order valence-corrected chi connectivity index (χ2v) is 5.98. The van der Waals surface area contributed by atoms with E-state index in [-0.39, 0.29) is 10.9 Å². The van der Waals surface area contributed by atoms with Gasteiger partial charge in [0.05, 0.1) is 5.38 Å². The van der Waals surface area contributed by atoms with Crippen LogP contribution in [0.5, 0.6) is 0 Å². The summed E-state index contributed by atoms with van der Waals surface area (Å²) in [7, 11) is 0. The zero-order valence-corrected chi connectivity index (χ0v) is 10.9. The van der Waals surface area contributed by atoms with Gasteiger partial charge in [0.25, 0.3) is 0 Å². The highest BCUT2D eigenvalue weighted by Crippen LogP contribution is 2.40. The molecule has 2 aliphatic rings. The van der Waals surface area contributed by atoms with E-state index in [0.717, 1.165) is 25.8 Å². The first kappa shape index (κ1) is 10.7. The van der Waals surface area contributed by atoms with Crippen LogP contribution in [0.1, 0.15) is 23.1 Å². The summed E-state index contributed by atoms with van der Waals surface area (Å²) in [5.41, 5.74) is 5.67. The maximum atomic E-state index is 6.39. The van der Waals surface area contributed by atoms with Crippen LogP contribution >= 0.6 is 23.2 Å². The fourth-order valence-corrected chi connectivity index (χ4v) is 3.54. The van der Waals surface area contributed by atoms with Gasteiger partial charge in [-0.15, -0.1) is 11.6 Å². The van der Waals surface area contributed by atoms with Gasteiger partial charge in [0, 0.05) is 12.2 Å². The molecule has 0 radical (unpaired) electrons. The van der Waals surface area contributed by atoms with Crippen molar-refractivity contribution < 1.29 is 0 Å². The predicted octanol–water partition coefficient (Wildman–Crippen LogP) is 3.48. The molecule has 3 rings (SSSR count). The fraction of sp³-hybridized carbons (Fsp3) is 0.538. The molecule has 1 aromatic carbocycles. The van der Waals surface area contributed by atoms with Gasteiger partial charge in [0.15, 0.2) is 0 Å². The number of alkyl halides is 2. The lowest BCUT2D eigenvalue weighted by molar-refractivity contribution is 0.604. The normalized spacial score (nSPS) is 27.8. The lowest BCUT2D eigenvalue weighted by atomic mass is 9.90. The second-order valence-electron chi connectivity index (χ2n) is 4.86. The predicted molar refractivity (Wildman–Crippen MR) is 69.8 cm³/mol. The number of anilines is 1. The summed E-state index contributed by atoms with van der Waals surface area (Å²) in [4.78, 5) is 2.29. The van der Waals surface area contributed by atoms with Crippen molar-refractivity contribution in [3.63, 3.8) is 0 Å². The van der Waals surface area contributed by atoms with Crippen molar-refractivity contribution in [2.75, 3.05) is 11.4 Å². The van der Waals surface area contributed by atoms with Crippen molar-refractivity contribution >= 4 is 28.9 Å². The highest BCUT2D eigenvalue weighted by atomic mass is 35.5. The maximum absolute atomic E-state index is 6.39. The quantitative estimate of drug-likeness (QED) is 0.507. The van der Waals surface area contributed by atoms with E-state index in [1.165, 1.54) is 22.4 Å². The molecule has 0 N–H and O–H groups in total. The molecule has 86 valence electrons. The molecule has 0 fully saturated rings. The van der Waals surface area contributed by atoms with E-state index in [9.17, 15) is 0 Å². The third-order valence-electron chi connectivity index (χ3n) is 3.53. The van der Waals surface area contributed by atoms with Crippen molar-refractivity contribution in [3.05, 3.63) is 28.8 Å². The molecule has 0 bridgehead atoms. The van der Waals surface area contributed by atoms with Crippen molar-refractivity contribution in [2.45, 2.75) is 37.1 Å². The third-order valence-corrected chi connectivity index (χ3v) is 4.27. The highest BCUT2D eigenvalue weighted by Gasteiger charge is 2.32. The molecule has 0 amide bonds. The monoisotopic (exact) mass is 255 g/mol. The van der Waals surface area contributed by atoms with E-state index in [4.69, 9.17) is 23.2 Å². The van der Waals surface area contributed by atoms with Gasteiger partial charge in [-0.1, -0.05) is 29.3 Å². The zero-order chi connectivity index (χ0) is 11.3. The van der Waals surface area contributed by atoms with Crippen LogP contribution in [0.3, 0.4) is 0 Å². The Morgan fingerprint density at radius 2 is 2.00 bits per heavy atom. The molecular formula is C13H15Cl2N. The molecular weight excluding hydrogens is 241 g/mol. The second kappa shape index (κ2) is 3.82. The van der Waals surface area contributed by atoms with Gasteiger partial charge in [0.1, 0.15) is 5.50 Å². The van der Waals surface area contributed by atoms with E-state index in [0.29, 0.717) is 0 Å². The number of aryl methyl sites for hydroxylation is 2. The average Bonchev–Trinajstić information content (AvgIpc) is 2.22. The van der Waals surface area contributed by atoms with Crippen molar-refractivity contribution in [1.82, 2.24) is 0 Å². The average molecular weight is 256 g/mol. The number of rotatable bonds is 0. The van der Waals surface area contributed by atoms with Gasteiger partial charge in [-0.2, -0.15) is 0 Å². The maximum Gasteiger partial charge on any atom is 0.104 e. The minimum absolute atomic E-state index is 0.121. The topological polar surface area (TPSA) is 3.24 Å². The van der Waals surface area contributed by atoms with Crippen molar-refractivity contribution in [2.24, 2.45) is 0 Å². The Kier molecular flexibility index (Phi) is 2.56. The molecule has 2 aliphatic heterocycles. The first-order valence-corrected chi connectivity index (χ1v) is 6.69. The first-order valence-electron chi connectivity index (χ1n) is 5.82. The molecule has 0 spiro atoms. The Hall–Kier alpha value is -0.400. The number of nitrogens with zero attached hydrogens (tertiary/aromatic N) is 1. The van der Waals surface area contributed by atoms with E-state index in [1.54, 1.807) is 0 Å². The Labute approximate surface area is 106 Å². The molecule has 0 aromatic heterocycles. The Morgan fingerprint density at radius 3 is 2.81 bits per heavy atom. The number of benzene rings is 1. The summed E-state index contributed by atoms with van der Waals surface area (Å²) in [6.07, 6.45) is 3.11. The molecule has 2 atom stereocenters. The van der Waals surface area contributed by atoms with Gasteiger partial charge >= 0.3 is 0 Å². The van der Waals surface area contributed by atoms with Gasteiger partial charge in [-0.05, 0) is 37.3 Å². The van der Waals surface area contributed by atoms with E-state index >= 15 is 0 Å². The highest BCUT2D eigenvalue weighted by molar-refractivity contribution is 6.23. The SMILES string of the molecule is Cc1cc2c3c(c1)CC(Cl)CN3C(Cl)CC2. The molecule has 0 aliphatic carbocycles. The lowest BCUT2D eigenvalue weighted by Crippen LogP contribution is -2.44. The third kappa shape index (κ3) is 1.61. The first-order chi connectivity index (χ1) is 7.65. The lowest BCUT2D eigenvalue weighted by Gasteiger charge is -2.42. The smallest absolute Gasteiger partial charge is 0.104 e. The Morgan fingerprint density at radius 1 is 1.25 bits per heavy atom. The van der Waals surface area contributed by atoms with Gasteiger partial charge in [0.2, 0.25) is 0 Å². The minimum atomic E-state index is 0.121. The van der Waals surface area contributed by atoms with E-state index in [1.807, 2.05) is 0 Å². The molecule has 3 heteroatoms. The van der Waals surface area contributed by atoms with Crippen LogP contribution < -0.4 is 4.90 Å². The van der Waals surface area contributed by atoms with Crippen LogP contribution in [0.15, 0.2) is 12.1 Å². The van der Waals surface area contributed by atoms with Crippen LogP contribution in [0.2, 0.25) is 0 Å². The summed E-state index contributed by atoms with van der Waals surface area (Å²) < 4.78 is 0. The van der Waals surface area contributed by atoms with Gasteiger partial charge in [-0.3, -0.25) is 0 Å². The molecule has 2 heterocycles. The van der Waals surface area contributed by atoms with Crippen LogP contribution in [0, 0.1) is 6.92 Å². The van der Waals surface area contributed by atoms with E-state index in [2.05, 4.69) is 24.0 Å². The van der Waals surface area contributed by atoms with Crippen molar-refractivity contribution in [3.8, 4) is 0 Å². The standard InChI is InChI=1S/C13H15Cl2N/c1-8-4-9-2-3-12(15)16-7-11(14)6-10(5-8)13(9)16/h4-5,11-12H,2-3,6-7H2,1H3. The Bertz CT molecular complexity index is 430. The van der Waals surface area contributed by atoms with Crippen LogP contribution in [-0.4, -0.2) is 17.4 Å². The summed E-state index contributed by atoms with van der Waals surface area (Å²) >= 11 is 12.7. The fourth-order valence-electron chi connectivity index (χ4n) is 2.94. The summed E-state index contributed by atoms with van der Waals surface area (Å²) in [5.74, 6) is 0. The van der Waals surface area contributed by atoms with E-state index < -0.39 is 0 Å². The van der Waals surface area contributed by atoms with Crippen molar-refractivity contribution in [1.29, 1.82) is 0 Å². The summed E-state index contributed by atoms with van der Waals surface area (Å²) in [6, 6.07) is 4.55. The zero-order valence-electron chi connectivity index (χ0n) is 9.34. The van der Waals surface area contributed by atoms with Gasteiger partial charge < -0.3 is 4.90 Å². The summed E-state index contributed by atoms with van der Waals surface area (Å²) in [5, 5.41) is 0.196.